The SMILES string of the molecule is Fc1ccc(-c2cn3nc(NC4CCCCC4)sc3n2)cc1. The molecular formula is C16H17FN4S. The molecule has 1 N–H and O–H groups in total. The second kappa shape index (κ2) is 5.68. The highest BCUT2D eigenvalue weighted by Gasteiger charge is 2.16. The van der Waals surface area contributed by atoms with Crippen LogP contribution in [0.3, 0.4) is 0 Å². The van der Waals surface area contributed by atoms with Crippen LogP contribution in [0.2, 0.25) is 0 Å². The molecule has 0 radical (unpaired) electrons. The molecule has 1 aliphatic carbocycles. The molecule has 0 unspecified atom stereocenters. The molecule has 3 aromatic rings. The molecule has 22 heavy (non-hydrogen) atoms. The van der Waals surface area contributed by atoms with E-state index < -0.39 is 0 Å². The lowest BCUT2D eigenvalue weighted by Crippen LogP contribution is -2.22. The second-order valence-electron chi connectivity index (χ2n) is 5.75. The van der Waals surface area contributed by atoms with Crippen LogP contribution >= 0.6 is 11.3 Å². The monoisotopic (exact) mass is 316 g/mol. The average molecular weight is 316 g/mol. The number of rotatable bonds is 3. The molecule has 1 fully saturated rings. The van der Waals surface area contributed by atoms with Crippen LogP contribution in [0.1, 0.15) is 32.1 Å². The lowest BCUT2D eigenvalue weighted by Gasteiger charge is -2.21. The summed E-state index contributed by atoms with van der Waals surface area (Å²) < 4.78 is 14.8. The first kappa shape index (κ1) is 13.7. The van der Waals surface area contributed by atoms with Crippen LogP contribution in [0.15, 0.2) is 30.5 Å². The fraction of sp³-hybridized carbons (Fsp3) is 0.375. The quantitative estimate of drug-likeness (QED) is 0.781. The molecule has 0 atom stereocenters. The minimum atomic E-state index is -0.234. The summed E-state index contributed by atoms with van der Waals surface area (Å²) in [6.07, 6.45) is 8.29. The first-order valence-electron chi connectivity index (χ1n) is 7.67. The number of anilines is 1. The molecule has 1 saturated carbocycles. The number of fused-ring (bicyclic) bond motifs is 1. The van der Waals surface area contributed by atoms with Gasteiger partial charge in [0.05, 0.1) is 11.9 Å². The van der Waals surface area contributed by atoms with Gasteiger partial charge < -0.3 is 5.32 Å². The lowest BCUT2D eigenvalue weighted by molar-refractivity contribution is 0.462. The van der Waals surface area contributed by atoms with Crippen LogP contribution < -0.4 is 5.32 Å². The standard InChI is InChI=1S/C16H17FN4S/c17-12-8-6-11(7-9-12)14-10-21-16(19-14)22-15(20-21)18-13-4-2-1-3-5-13/h6-10,13H,1-5H2,(H,18,20). The Balaban J connectivity index is 1.55. The Kier molecular flexibility index (Phi) is 3.54. The first-order valence-corrected chi connectivity index (χ1v) is 8.48. The summed E-state index contributed by atoms with van der Waals surface area (Å²) in [4.78, 5) is 5.44. The van der Waals surface area contributed by atoms with Crippen molar-refractivity contribution in [1.82, 2.24) is 14.6 Å². The normalized spacial score (nSPS) is 16.2. The van der Waals surface area contributed by atoms with Gasteiger partial charge in [-0.05, 0) is 37.1 Å². The molecule has 2 aromatic heterocycles. The summed E-state index contributed by atoms with van der Waals surface area (Å²) in [5.74, 6) is -0.234. The number of hydrogen-bond acceptors (Lipinski definition) is 4. The number of aromatic nitrogens is 3. The number of benzene rings is 1. The Labute approximate surface area is 132 Å². The number of hydrogen-bond donors (Lipinski definition) is 1. The highest BCUT2D eigenvalue weighted by Crippen LogP contribution is 2.27. The molecule has 114 valence electrons. The third-order valence-electron chi connectivity index (χ3n) is 4.12. The van der Waals surface area contributed by atoms with Gasteiger partial charge in [0.2, 0.25) is 10.1 Å². The zero-order valence-electron chi connectivity index (χ0n) is 12.1. The molecule has 4 nitrogen and oxygen atoms in total. The van der Waals surface area contributed by atoms with Gasteiger partial charge in [-0.1, -0.05) is 30.6 Å². The van der Waals surface area contributed by atoms with E-state index in [0.29, 0.717) is 6.04 Å². The third-order valence-corrected chi connectivity index (χ3v) is 4.97. The van der Waals surface area contributed by atoms with Crippen molar-refractivity contribution in [3.05, 3.63) is 36.3 Å². The number of imidazole rings is 1. The predicted molar refractivity (Wildman–Crippen MR) is 86.8 cm³/mol. The van der Waals surface area contributed by atoms with Gasteiger partial charge in [0, 0.05) is 11.6 Å². The summed E-state index contributed by atoms with van der Waals surface area (Å²) >= 11 is 1.57. The van der Waals surface area contributed by atoms with Crippen LogP contribution in [0, 0.1) is 5.82 Å². The van der Waals surface area contributed by atoms with E-state index in [1.165, 1.54) is 44.2 Å². The van der Waals surface area contributed by atoms with Gasteiger partial charge in [-0.2, -0.15) is 0 Å². The van der Waals surface area contributed by atoms with Crippen molar-refractivity contribution in [2.24, 2.45) is 0 Å². The molecule has 1 aliphatic rings. The second-order valence-corrected chi connectivity index (χ2v) is 6.70. The molecule has 4 rings (SSSR count). The fourth-order valence-corrected chi connectivity index (χ4v) is 3.80. The van der Waals surface area contributed by atoms with Crippen LogP contribution in [0.5, 0.6) is 0 Å². The van der Waals surface area contributed by atoms with Crippen LogP contribution in [-0.4, -0.2) is 20.6 Å². The molecule has 6 heteroatoms. The average Bonchev–Trinajstić information content (AvgIpc) is 3.07. The van der Waals surface area contributed by atoms with Crippen molar-refractivity contribution < 1.29 is 4.39 Å². The summed E-state index contributed by atoms with van der Waals surface area (Å²) in [6.45, 7) is 0. The topological polar surface area (TPSA) is 42.2 Å². The minimum absolute atomic E-state index is 0.234. The number of nitrogens with zero attached hydrogens (tertiary/aromatic N) is 3. The van der Waals surface area contributed by atoms with Gasteiger partial charge in [-0.3, -0.25) is 0 Å². The Hall–Kier alpha value is -1.95. The number of nitrogens with one attached hydrogen (secondary N) is 1. The maximum atomic E-state index is 13.0. The highest BCUT2D eigenvalue weighted by molar-refractivity contribution is 7.20. The molecule has 0 amide bonds. The highest BCUT2D eigenvalue weighted by atomic mass is 32.1. The Bertz CT molecular complexity index is 740. The van der Waals surface area contributed by atoms with Crippen molar-refractivity contribution in [1.29, 1.82) is 0 Å². The summed E-state index contributed by atoms with van der Waals surface area (Å²) in [6, 6.07) is 6.92. The Morgan fingerprint density at radius 3 is 2.64 bits per heavy atom. The summed E-state index contributed by atoms with van der Waals surface area (Å²) in [5, 5.41) is 9.01. The zero-order chi connectivity index (χ0) is 14.9. The van der Waals surface area contributed by atoms with Gasteiger partial charge in [0.25, 0.3) is 0 Å². The molecule has 0 bridgehead atoms. The molecule has 2 heterocycles. The predicted octanol–water partition coefficient (Wildman–Crippen LogP) is 4.34. The zero-order valence-corrected chi connectivity index (χ0v) is 12.9. The molecular weight excluding hydrogens is 299 g/mol. The lowest BCUT2D eigenvalue weighted by atomic mass is 9.96. The fourth-order valence-electron chi connectivity index (χ4n) is 2.94. The smallest absolute Gasteiger partial charge is 0.214 e. The van der Waals surface area contributed by atoms with Crippen molar-refractivity contribution in [2.45, 2.75) is 38.1 Å². The Morgan fingerprint density at radius 2 is 1.91 bits per heavy atom. The molecule has 0 aliphatic heterocycles. The largest absolute Gasteiger partial charge is 0.357 e. The maximum absolute atomic E-state index is 13.0. The van der Waals surface area contributed by atoms with Crippen molar-refractivity contribution in [2.75, 3.05) is 5.32 Å². The van der Waals surface area contributed by atoms with E-state index in [1.807, 2.05) is 6.20 Å². The van der Waals surface area contributed by atoms with Gasteiger partial charge in [-0.15, -0.1) is 5.10 Å². The van der Waals surface area contributed by atoms with Crippen LogP contribution in [-0.2, 0) is 0 Å². The summed E-state index contributed by atoms with van der Waals surface area (Å²) in [7, 11) is 0. The molecule has 0 spiro atoms. The molecule has 0 saturated heterocycles. The van der Waals surface area contributed by atoms with Gasteiger partial charge in [0.15, 0.2) is 0 Å². The number of halogens is 1. The minimum Gasteiger partial charge on any atom is -0.357 e. The van der Waals surface area contributed by atoms with Gasteiger partial charge in [0.1, 0.15) is 5.82 Å². The third kappa shape index (κ3) is 2.70. The maximum Gasteiger partial charge on any atom is 0.214 e. The Morgan fingerprint density at radius 1 is 1.14 bits per heavy atom. The van der Waals surface area contributed by atoms with E-state index in [0.717, 1.165) is 21.3 Å². The first-order chi connectivity index (χ1) is 10.8. The van der Waals surface area contributed by atoms with E-state index >= 15 is 0 Å². The van der Waals surface area contributed by atoms with E-state index in [-0.39, 0.29) is 5.82 Å². The van der Waals surface area contributed by atoms with Gasteiger partial charge in [-0.25, -0.2) is 13.9 Å². The van der Waals surface area contributed by atoms with Crippen LogP contribution in [0.25, 0.3) is 16.2 Å². The summed E-state index contributed by atoms with van der Waals surface area (Å²) in [5.41, 5.74) is 1.73. The van der Waals surface area contributed by atoms with E-state index in [2.05, 4.69) is 15.4 Å². The van der Waals surface area contributed by atoms with E-state index in [1.54, 1.807) is 28.0 Å². The van der Waals surface area contributed by atoms with E-state index in [9.17, 15) is 4.39 Å². The van der Waals surface area contributed by atoms with Crippen molar-refractivity contribution in [3.63, 3.8) is 0 Å². The van der Waals surface area contributed by atoms with Crippen molar-refractivity contribution in [3.8, 4) is 11.3 Å². The van der Waals surface area contributed by atoms with Crippen LogP contribution in [0.4, 0.5) is 9.52 Å². The van der Waals surface area contributed by atoms with Crippen molar-refractivity contribution >= 4 is 21.4 Å². The van der Waals surface area contributed by atoms with Gasteiger partial charge >= 0.3 is 0 Å². The molecule has 1 aromatic carbocycles. The van der Waals surface area contributed by atoms with E-state index in [4.69, 9.17) is 0 Å².